The molecule has 5 rings (SSSR count). The van der Waals surface area contributed by atoms with Gasteiger partial charge in [0.15, 0.2) is 0 Å². The Morgan fingerprint density at radius 1 is 0.410 bits per heavy atom. The van der Waals surface area contributed by atoms with Crippen LogP contribution in [0.25, 0.3) is 0 Å². The average Bonchev–Trinajstić information content (AvgIpc) is 3.64. The summed E-state index contributed by atoms with van der Waals surface area (Å²) in [6.07, 6.45) is 8.05. The number of ether oxygens (including phenoxy) is 10. The molecule has 0 unspecified atom stereocenters. The van der Waals surface area contributed by atoms with Gasteiger partial charge < -0.3 is 47.4 Å². The van der Waals surface area contributed by atoms with E-state index >= 15 is 0 Å². The zero-order valence-electron chi connectivity index (χ0n) is 47.7. The molecular weight excluding hydrogens is 1080 g/mol. The van der Waals surface area contributed by atoms with E-state index in [2.05, 4.69) is 13.2 Å². The van der Waals surface area contributed by atoms with Crippen molar-refractivity contribution >= 4 is 59.7 Å². The van der Waals surface area contributed by atoms with Gasteiger partial charge in [-0.15, -0.1) is 0 Å². The second-order valence-electron chi connectivity index (χ2n) is 20.4. The molecule has 0 saturated heterocycles. The highest BCUT2D eigenvalue weighted by Gasteiger charge is 2.35. The van der Waals surface area contributed by atoms with Crippen LogP contribution in [0.4, 0.5) is 0 Å². The summed E-state index contributed by atoms with van der Waals surface area (Å²) < 4.78 is 53.6. The van der Waals surface area contributed by atoms with Crippen LogP contribution in [0.15, 0.2) is 79.9 Å². The summed E-state index contributed by atoms with van der Waals surface area (Å²) >= 11 is 0. The molecule has 3 aromatic rings. The van der Waals surface area contributed by atoms with Crippen molar-refractivity contribution in [2.75, 3.05) is 39.6 Å². The highest BCUT2D eigenvalue weighted by molar-refractivity contribution is 5.82. The standard InChI is InChI=1S/C63H76O20/c1-6-53(64)74-34-8-10-36-76-55(66)28-30-57(68)78-38-32-44-12-24-50(25-13-44)80-60(70)46-16-20-48(21-17-46)62(72)82-52-40-41(3)59(43(5)42(52)4)83-63(73)49-22-18-47(19-23-49)61(71)81-51-26-14-45(15-27-51)33-39-79-58(69)31-29-56(67)77-37-11-9-35-75-54(65)7-2/h6-7,12-15,24-27,40,46-49H,1-2,8-11,16-23,28-39H2,3-5H3. The third-order valence-corrected chi connectivity index (χ3v) is 14.3. The monoisotopic (exact) mass is 1150 g/mol. The Balaban J connectivity index is 0.934. The molecule has 0 aliphatic heterocycles. The predicted molar refractivity (Wildman–Crippen MR) is 297 cm³/mol. The van der Waals surface area contributed by atoms with Crippen molar-refractivity contribution < 1.29 is 95.3 Å². The van der Waals surface area contributed by atoms with Gasteiger partial charge in [0.05, 0.1) is 89.0 Å². The molecule has 0 spiro atoms. The normalized spacial score (nSPS) is 16.4. The highest BCUT2D eigenvalue weighted by atomic mass is 16.6. The molecule has 0 amide bonds. The first-order valence-corrected chi connectivity index (χ1v) is 28.3. The summed E-state index contributed by atoms with van der Waals surface area (Å²) in [6.45, 7) is 12.9. The molecule has 0 N–H and O–H groups in total. The highest BCUT2D eigenvalue weighted by Crippen LogP contribution is 2.38. The van der Waals surface area contributed by atoms with Crippen LogP contribution in [-0.2, 0) is 89.2 Å². The zero-order chi connectivity index (χ0) is 60.1. The molecule has 20 heteroatoms. The van der Waals surface area contributed by atoms with E-state index in [0.29, 0.717) is 130 Å². The van der Waals surface area contributed by atoms with Gasteiger partial charge >= 0.3 is 59.7 Å². The van der Waals surface area contributed by atoms with Crippen molar-refractivity contribution in [1.82, 2.24) is 0 Å². The molecule has 0 atom stereocenters. The third-order valence-electron chi connectivity index (χ3n) is 14.3. The van der Waals surface area contributed by atoms with E-state index in [9.17, 15) is 47.9 Å². The average molecular weight is 1150 g/mol. The summed E-state index contributed by atoms with van der Waals surface area (Å²) in [6, 6.07) is 15.4. The maximum atomic E-state index is 13.5. The Morgan fingerprint density at radius 3 is 1.07 bits per heavy atom. The van der Waals surface area contributed by atoms with E-state index in [1.807, 2.05) is 0 Å². The van der Waals surface area contributed by atoms with Crippen LogP contribution in [0.5, 0.6) is 23.0 Å². The van der Waals surface area contributed by atoms with E-state index in [4.69, 9.17) is 47.4 Å². The number of aryl methyl sites for hydroxylation is 1. The second kappa shape index (κ2) is 35.0. The van der Waals surface area contributed by atoms with Gasteiger partial charge in [-0.2, -0.15) is 0 Å². The molecule has 3 aromatic carbocycles. The van der Waals surface area contributed by atoms with Crippen molar-refractivity contribution in [3.05, 3.63) is 108 Å². The van der Waals surface area contributed by atoms with Gasteiger partial charge in [-0.25, -0.2) is 9.59 Å². The quantitative estimate of drug-likeness (QED) is 0.0185. The first-order chi connectivity index (χ1) is 39.9. The molecule has 83 heavy (non-hydrogen) atoms. The summed E-state index contributed by atoms with van der Waals surface area (Å²) in [4.78, 5) is 123. The summed E-state index contributed by atoms with van der Waals surface area (Å²) in [7, 11) is 0. The van der Waals surface area contributed by atoms with Crippen molar-refractivity contribution in [2.24, 2.45) is 23.7 Å². The predicted octanol–water partition coefficient (Wildman–Crippen LogP) is 9.08. The van der Waals surface area contributed by atoms with E-state index < -0.39 is 71.4 Å². The van der Waals surface area contributed by atoms with E-state index in [0.717, 1.165) is 23.3 Å². The Morgan fingerprint density at radius 2 is 0.723 bits per heavy atom. The largest absolute Gasteiger partial charge is 0.466 e. The Bertz CT molecular complexity index is 2730. The summed E-state index contributed by atoms with van der Waals surface area (Å²) in [5.74, 6) is -4.90. The molecular formula is C63H76O20. The number of rotatable bonds is 32. The lowest BCUT2D eigenvalue weighted by Crippen LogP contribution is -2.31. The number of benzene rings is 3. The summed E-state index contributed by atoms with van der Waals surface area (Å²) in [5, 5.41) is 0. The van der Waals surface area contributed by atoms with Gasteiger partial charge in [0, 0.05) is 25.0 Å². The van der Waals surface area contributed by atoms with Crippen molar-refractivity contribution in [2.45, 2.75) is 136 Å². The molecule has 0 bridgehead atoms. The minimum absolute atomic E-state index is 0.0964. The van der Waals surface area contributed by atoms with Gasteiger partial charge in [-0.05, 0) is 156 Å². The zero-order valence-corrected chi connectivity index (χ0v) is 47.7. The van der Waals surface area contributed by atoms with Crippen LogP contribution in [0.1, 0.15) is 131 Å². The molecule has 0 radical (unpaired) electrons. The van der Waals surface area contributed by atoms with Crippen molar-refractivity contribution in [3.8, 4) is 23.0 Å². The maximum Gasteiger partial charge on any atom is 0.330 e. The second-order valence-corrected chi connectivity index (χ2v) is 20.4. The lowest BCUT2D eigenvalue weighted by molar-refractivity contribution is -0.150. The first kappa shape index (κ1) is 65.6. The molecule has 2 aliphatic rings. The van der Waals surface area contributed by atoms with Crippen LogP contribution >= 0.6 is 0 Å². The van der Waals surface area contributed by atoms with Crippen molar-refractivity contribution in [3.63, 3.8) is 0 Å². The Labute approximate surface area is 483 Å². The third kappa shape index (κ3) is 23.3. The molecule has 2 saturated carbocycles. The number of carbonyl (C=O) groups is 10. The number of unbranched alkanes of at least 4 members (excludes halogenated alkanes) is 2. The molecule has 2 aliphatic carbocycles. The topological polar surface area (TPSA) is 263 Å². The molecule has 448 valence electrons. The van der Waals surface area contributed by atoms with Crippen LogP contribution in [0.2, 0.25) is 0 Å². The van der Waals surface area contributed by atoms with Gasteiger partial charge in [0.1, 0.15) is 23.0 Å². The first-order valence-electron chi connectivity index (χ1n) is 28.3. The summed E-state index contributed by atoms with van der Waals surface area (Å²) in [5.41, 5.74) is 3.61. The fraction of sp³-hybridized carbons (Fsp3) is 0.492. The minimum atomic E-state index is -0.533. The SMILES string of the molecule is C=CC(=O)OCCCCOC(=O)CCC(=O)OCCc1ccc(OC(=O)C2CCC(C(=O)Oc3cc(C)c(OC(=O)C4CCC(C(=O)Oc5ccc(CCOC(=O)CCC(=O)OCCCCOC(=O)C=C)cc5)CC4)c(C)c3C)CC2)cc1. The Hall–Kier alpha value is -8.16. The van der Waals surface area contributed by atoms with Crippen LogP contribution in [0.3, 0.4) is 0 Å². The van der Waals surface area contributed by atoms with E-state index in [-0.39, 0.29) is 77.3 Å². The molecule has 20 nitrogen and oxygen atoms in total. The lowest BCUT2D eigenvalue weighted by atomic mass is 9.82. The van der Waals surface area contributed by atoms with Crippen LogP contribution in [0, 0.1) is 44.4 Å². The number of esters is 10. The fourth-order valence-corrected chi connectivity index (χ4v) is 9.14. The van der Waals surface area contributed by atoms with Gasteiger partial charge in [-0.3, -0.25) is 38.4 Å². The van der Waals surface area contributed by atoms with Crippen LogP contribution < -0.4 is 18.9 Å². The number of hydrogen-bond acceptors (Lipinski definition) is 20. The fourth-order valence-electron chi connectivity index (χ4n) is 9.14. The number of hydrogen-bond donors (Lipinski definition) is 0. The molecule has 0 aromatic heterocycles. The minimum Gasteiger partial charge on any atom is -0.466 e. The van der Waals surface area contributed by atoms with E-state index in [1.54, 1.807) is 75.4 Å². The van der Waals surface area contributed by atoms with Crippen molar-refractivity contribution in [1.29, 1.82) is 0 Å². The van der Waals surface area contributed by atoms with Gasteiger partial charge in [0.2, 0.25) is 0 Å². The lowest BCUT2D eigenvalue weighted by Gasteiger charge is -2.27. The molecule has 0 heterocycles. The van der Waals surface area contributed by atoms with E-state index in [1.165, 1.54) is 0 Å². The van der Waals surface area contributed by atoms with Crippen LogP contribution in [-0.4, -0.2) is 99.3 Å². The maximum absolute atomic E-state index is 13.5. The van der Waals surface area contributed by atoms with Gasteiger partial charge in [0.25, 0.3) is 0 Å². The molecule has 2 fully saturated rings. The number of carbonyl (C=O) groups excluding carboxylic acids is 10. The van der Waals surface area contributed by atoms with Gasteiger partial charge in [-0.1, -0.05) is 37.4 Å². The smallest absolute Gasteiger partial charge is 0.330 e. The Kier molecular flexibility index (Phi) is 27.7.